The Morgan fingerprint density at radius 1 is 1.07 bits per heavy atom. The molecule has 0 saturated heterocycles. The van der Waals surface area contributed by atoms with Crippen molar-refractivity contribution in [1.29, 1.82) is 5.26 Å². The number of rotatable bonds is 5. The molecule has 0 fully saturated rings. The van der Waals surface area contributed by atoms with E-state index in [1.54, 1.807) is 54.6 Å². The lowest BCUT2D eigenvalue weighted by Gasteiger charge is -2.10. The number of ether oxygens (including phenoxy) is 1. The van der Waals surface area contributed by atoms with Crippen LogP contribution in [0, 0.1) is 11.3 Å². The van der Waals surface area contributed by atoms with E-state index in [-0.39, 0.29) is 5.56 Å². The second-order valence-electron chi connectivity index (χ2n) is 5.74. The first-order valence-corrected chi connectivity index (χ1v) is 8.32. The molecule has 1 heterocycles. The standard InChI is InChI=1S/C21H16N4O3/c1-28-21(27)17-7-2-3-8-18(17)25-20(26)15-9-10-19(23-13-15)24-16-6-4-5-14(11-16)12-22/h2-11,13H,1H3,(H,23,24)(H,25,26). The minimum Gasteiger partial charge on any atom is -0.465 e. The number of hydrogen-bond donors (Lipinski definition) is 2. The van der Waals surface area contributed by atoms with E-state index in [1.165, 1.54) is 13.3 Å². The molecule has 7 nitrogen and oxygen atoms in total. The molecule has 0 atom stereocenters. The Labute approximate surface area is 161 Å². The number of esters is 1. The number of methoxy groups -OCH3 is 1. The van der Waals surface area contributed by atoms with Crippen molar-refractivity contribution in [3.05, 3.63) is 83.6 Å². The smallest absolute Gasteiger partial charge is 0.339 e. The average molecular weight is 372 g/mol. The molecule has 0 aliphatic heterocycles. The maximum absolute atomic E-state index is 12.5. The highest BCUT2D eigenvalue weighted by Gasteiger charge is 2.14. The number of benzene rings is 2. The van der Waals surface area contributed by atoms with Gasteiger partial charge in [0.1, 0.15) is 5.82 Å². The SMILES string of the molecule is COC(=O)c1ccccc1NC(=O)c1ccc(Nc2cccc(C#N)c2)nc1. The van der Waals surface area contributed by atoms with Gasteiger partial charge in [-0.05, 0) is 42.5 Å². The van der Waals surface area contributed by atoms with Crippen molar-refractivity contribution >= 4 is 29.1 Å². The highest BCUT2D eigenvalue weighted by Crippen LogP contribution is 2.19. The molecule has 0 aliphatic carbocycles. The van der Waals surface area contributed by atoms with Crippen LogP contribution in [-0.4, -0.2) is 24.0 Å². The van der Waals surface area contributed by atoms with Gasteiger partial charge in [-0.1, -0.05) is 18.2 Å². The number of nitrogens with zero attached hydrogens (tertiary/aromatic N) is 2. The number of anilines is 3. The average Bonchev–Trinajstić information content (AvgIpc) is 2.74. The number of amides is 1. The van der Waals surface area contributed by atoms with Crippen molar-refractivity contribution in [2.45, 2.75) is 0 Å². The molecular formula is C21H16N4O3. The maximum atomic E-state index is 12.5. The van der Waals surface area contributed by atoms with Gasteiger partial charge in [0.05, 0.1) is 35.6 Å². The number of nitriles is 1. The van der Waals surface area contributed by atoms with Gasteiger partial charge in [0, 0.05) is 11.9 Å². The Hall–Kier alpha value is -4.18. The van der Waals surface area contributed by atoms with Gasteiger partial charge >= 0.3 is 5.97 Å². The molecule has 0 bridgehead atoms. The molecule has 3 aromatic rings. The Morgan fingerprint density at radius 3 is 2.61 bits per heavy atom. The third kappa shape index (κ3) is 4.31. The Morgan fingerprint density at radius 2 is 1.89 bits per heavy atom. The third-order valence-electron chi connectivity index (χ3n) is 3.87. The van der Waals surface area contributed by atoms with Crippen LogP contribution in [0.15, 0.2) is 66.9 Å². The van der Waals surface area contributed by atoms with Crippen molar-refractivity contribution in [1.82, 2.24) is 4.98 Å². The molecule has 0 unspecified atom stereocenters. The summed E-state index contributed by atoms with van der Waals surface area (Å²) in [6, 6.07) is 18.9. The van der Waals surface area contributed by atoms with Crippen LogP contribution < -0.4 is 10.6 Å². The fourth-order valence-electron chi connectivity index (χ4n) is 2.49. The topological polar surface area (TPSA) is 104 Å². The quantitative estimate of drug-likeness (QED) is 0.661. The lowest BCUT2D eigenvalue weighted by molar-refractivity contribution is 0.0602. The summed E-state index contributed by atoms with van der Waals surface area (Å²) in [5.74, 6) is -0.406. The number of carbonyl (C=O) groups excluding carboxylic acids is 2. The lowest BCUT2D eigenvalue weighted by Crippen LogP contribution is -2.15. The maximum Gasteiger partial charge on any atom is 0.339 e. The summed E-state index contributed by atoms with van der Waals surface area (Å²) in [7, 11) is 1.28. The molecule has 2 N–H and O–H groups in total. The van der Waals surface area contributed by atoms with Crippen LogP contribution in [0.3, 0.4) is 0 Å². The summed E-state index contributed by atoms with van der Waals surface area (Å²) in [5, 5.41) is 14.7. The molecule has 1 aromatic heterocycles. The molecule has 138 valence electrons. The highest BCUT2D eigenvalue weighted by atomic mass is 16.5. The van der Waals surface area contributed by atoms with Crippen molar-refractivity contribution in [3.8, 4) is 6.07 Å². The zero-order valence-electron chi connectivity index (χ0n) is 15.0. The molecule has 28 heavy (non-hydrogen) atoms. The number of aromatic nitrogens is 1. The van der Waals surface area contributed by atoms with Gasteiger partial charge in [0.25, 0.3) is 5.91 Å². The predicted octanol–water partition coefficient (Wildman–Crippen LogP) is 3.74. The van der Waals surface area contributed by atoms with Gasteiger partial charge < -0.3 is 15.4 Å². The highest BCUT2D eigenvalue weighted by molar-refractivity contribution is 6.07. The van der Waals surface area contributed by atoms with E-state index < -0.39 is 11.9 Å². The number of para-hydroxylation sites is 1. The van der Waals surface area contributed by atoms with Gasteiger partial charge in [-0.3, -0.25) is 4.79 Å². The number of hydrogen-bond acceptors (Lipinski definition) is 6. The molecule has 0 radical (unpaired) electrons. The molecule has 0 saturated carbocycles. The van der Waals surface area contributed by atoms with Crippen LogP contribution in [0.5, 0.6) is 0 Å². The number of pyridine rings is 1. The van der Waals surface area contributed by atoms with Crippen LogP contribution in [0.1, 0.15) is 26.3 Å². The second kappa shape index (κ2) is 8.47. The van der Waals surface area contributed by atoms with Gasteiger partial charge in [0.15, 0.2) is 0 Å². The Kier molecular flexibility index (Phi) is 5.63. The summed E-state index contributed by atoms with van der Waals surface area (Å²) in [6.45, 7) is 0. The first-order valence-electron chi connectivity index (χ1n) is 8.32. The fourth-order valence-corrected chi connectivity index (χ4v) is 2.49. The summed E-state index contributed by atoms with van der Waals surface area (Å²) in [4.78, 5) is 28.5. The molecule has 3 rings (SSSR count). The summed E-state index contributed by atoms with van der Waals surface area (Å²) >= 11 is 0. The monoisotopic (exact) mass is 372 g/mol. The zero-order valence-corrected chi connectivity index (χ0v) is 15.0. The molecular weight excluding hydrogens is 356 g/mol. The minimum atomic E-state index is -0.534. The van der Waals surface area contributed by atoms with Crippen molar-refractivity contribution in [3.63, 3.8) is 0 Å². The largest absolute Gasteiger partial charge is 0.465 e. The summed E-state index contributed by atoms with van der Waals surface area (Å²) in [5.41, 5.74) is 2.20. The van der Waals surface area contributed by atoms with E-state index in [4.69, 9.17) is 10.00 Å². The molecule has 0 spiro atoms. The first-order chi connectivity index (χ1) is 13.6. The van der Waals surface area contributed by atoms with Crippen LogP contribution in [0.25, 0.3) is 0 Å². The summed E-state index contributed by atoms with van der Waals surface area (Å²) < 4.78 is 4.72. The van der Waals surface area contributed by atoms with Gasteiger partial charge in [-0.25, -0.2) is 9.78 Å². The van der Waals surface area contributed by atoms with Crippen LogP contribution in [0.2, 0.25) is 0 Å². The van der Waals surface area contributed by atoms with E-state index in [9.17, 15) is 9.59 Å². The number of nitrogens with one attached hydrogen (secondary N) is 2. The van der Waals surface area contributed by atoms with Gasteiger partial charge in [0.2, 0.25) is 0 Å². The van der Waals surface area contributed by atoms with E-state index in [1.807, 2.05) is 6.07 Å². The van der Waals surface area contributed by atoms with E-state index in [0.29, 0.717) is 22.6 Å². The van der Waals surface area contributed by atoms with Gasteiger partial charge in [-0.15, -0.1) is 0 Å². The minimum absolute atomic E-state index is 0.266. The molecule has 7 heteroatoms. The summed E-state index contributed by atoms with van der Waals surface area (Å²) in [6.07, 6.45) is 1.42. The van der Waals surface area contributed by atoms with Gasteiger partial charge in [-0.2, -0.15) is 5.26 Å². The Bertz CT molecular complexity index is 1060. The van der Waals surface area contributed by atoms with Crippen LogP contribution >= 0.6 is 0 Å². The normalized spacial score (nSPS) is 9.86. The predicted molar refractivity (Wildman–Crippen MR) is 104 cm³/mol. The number of carbonyl (C=O) groups is 2. The molecule has 0 aliphatic rings. The van der Waals surface area contributed by atoms with Crippen LogP contribution in [0.4, 0.5) is 17.2 Å². The fraction of sp³-hybridized carbons (Fsp3) is 0.0476. The van der Waals surface area contributed by atoms with E-state index in [2.05, 4.69) is 21.7 Å². The Balaban J connectivity index is 1.72. The second-order valence-corrected chi connectivity index (χ2v) is 5.74. The molecule has 2 aromatic carbocycles. The zero-order chi connectivity index (χ0) is 19.9. The van der Waals surface area contributed by atoms with Crippen LogP contribution in [-0.2, 0) is 4.74 Å². The first kappa shape index (κ1) is 18.6. The van der Waals surface area contributed by atoms with Crippen molar-refractivity contribution in [2.75, 3.05) is 17.7 Å². The molecule has 1 amide bonds. The van der Waals surface area contributed by atoms with E-state index >= 15 is 0 Å². The van der Waals surface area contributed by atoms with Crippen molar-refractivity contribution < 1.29 is 14.3 Å². The lowest BCUT2D eigenvalue weighted by atomic mass is 10.1. The third-order valence-corrected chi connectivity index (χ3v) is 3.87. The van der Waals surface area contributed by atoms with E-state index in [0.717, 1.165) is 5.69 Å². The van der Waals surface area contributed by atoms with Crippen molar-refractivity contribution in [2.24, 2.45) is 0 Å².